The highest BCUT2D eigenvalue weighted by Gasteiger charge is 2.59. The lowest BCUT2D eigenvalue weighted by Gasteiger charge is -2.38. The Labute approximate surface area is 196 Å². The van der Waals surface area contributed by atoms with Crippen LogP contribution >= 0.6 is 0 Å². The summed E-state index contributed by atoms with van der Waals surface area (Å²) in [7, 11) is 0. The lowest BCUT2D eigenvalue weighted by molar-refractivity contribution is -0.149. The maximum atomic E-state index is 13.5. The molecule has 5 heteroatoms. The highest BCUT2D eigenvalue weighted by molar-refractivity contribution is 5.99. The summed E-state index contributed by atoms with van der Waals surface area (Å²) in [5.74, 6) is 0.554. The Morgan fingerprint density at radius 2 is 1.52 bits per heavy atom. The van der Waals surface area contributed by atoms with E-state index in [0.717, 1.165) is 44.3 Å². The van der Waals surface area contributed by atoms with E-state index in [1.54, 1.807) is 0 Å². The molecule has 0 aromatic heterocycles. The summed E-state index contributed by atoms with van der Waals surface area (Å²) in [5.41, 5.74) is -0.0331. The molecule has 1 amide bonds. The highest BCUT2D eigenvalue weighted by Crippen LogP contribution is 2.47. The van der Waals surface area contributed by atoms with Gasteiger partial charge in [-0.15, -0.1) is 0 Å². The predicted octanol–water partition coefficient (Wildman–Crippen LogP) is 3.77. The topological polar surface area (TPSA) is 69.6 Å². The van der Waals surface area contributed by atoms with E-state index in [2.05, 4.69) is 10.2 Å². The van der Waals surface area contributed by atoms with Crippen LogP contribution in [-0.2, 0) is 10.4 Å². The lowest BCUT2D eigenvalue weighted by Crippen LogP contribution is -2.52. The summed E-state index contributed by atoms with van der Waals surface area (Å²) in [4.78, 5) is 28.6. The highest BCUT2D eigenvalue weighted by atomic mass is 16.3. The number of carbonyl (C=O) groups is 2. The van der Waals surface area contributed by atoms with Gasteiger partial charge in [-0.2, -0.15) is 0 Å². The van der Waals surface area contributed by atoms with Gasteiger partial charge in [0.25, 0.3) is 5.91 Å². The van der Waals surface area contributed by atoms with Gasteiger partial charge in [-0.05, 0) is 37.2 Å². The Morgan fingerprint density at radius 1 is 0.939 bits per heavy atom. The zero-order chi connectivity index (χ0) is 23.0. The molecule has 3 aliphatic rings. The first-order valence-electron chi connectivity index (χ1n) is 12.4. The van der Waals surface area contributed by atoms with Crippen molar-refractivity contribution in [3.63, 3.8) is 0 Å². The molecule has 5 atom stereocenters. The first kappa shape index (κ1) is 22.3. The molecule has 2 N–H and O–H groups in total. The van der Waals surface area contributed by atoms with E-state index < -0.39 is 5.60 Å². The molecule has 5 nitrogen and oxygen atoms in total. The fourth-order valence-corrected chi connectivity index (χ4v) is 6.12. The van der Waals surface area contributed by atoms with Gasteiger partial charge < -0.3 is 10.4 Å². The number of aliphatic hydroxyl groups is 1. The Bertz CT molecular complexity index is 977. The predicted molar refractivity (Wildman–Crippen MR) is 128 cm³/mol. The molecule has 1 aliphatic heterocycles. The van der Waals surface area contributed by atoms with Crippen molar-refractivity contribution in [1.82, 2.24) is 10.2 Å². The summed E-state index contributed by atoms with van der Waals surface area (Å²) < 4.78 is 0. The van der Waals surface area contributed by atoms with Gasteiger partial charge in [0, 0.05) is 30.6 Å². The maximum absolute atomic E-state index is 13.5. The minimum Gasteiger partial charge on any atom is -0.375 e. The second kappa shape index (κ2) is 9.03. The lowest BCUT2D eigenvalue weighted by atomic mass is 9.73. The summed E-state index contributed by atoms with van der Waals surface area (Å²) in [5, 5.41) is 15.0. The van der Waals surface area contributed by atoms with E-state index in [-0.39, 0.29) is 29.7 Å². The number of amides is 1. The minimum atomic E-state index is -1.48. The largest absolute Gasteiger partial charge is 0.375 e. The fourth-order valence-electron chi connectivity index (χ4n) is 6.12. The molecular formula is C28H34N2O3. The molecule has 174 valence electrons. The second-order valence-corrected chi connectivity index (χ2v) is 10.2. The number of rotatable bonds is 7. The van der Waals surface area contributed by atoms with E-state index >= 15 is 0 Å². The molecule has 1 saturated heterocycles. The third-order valence-corrected chi connectivity index (χ3v) is 8.26. The fraction of sp³-hybridized carbons (Fsp3) is 0.500. The number of piperidine rings is 1. The number of likely N-dealkylation sites (tertiary alicyclic amines) is 1. The number of ketones is 1. The maximum Gasteiger partial charge on any atom is 0.257 e. The van der Waals surface area contributed by atoms with Crippen LogP contribution in [0.2, 0.25) is 0 Å². The molecule has 3 fully saturated rings. The molecule has 2 aliphatic carbocycles. The zero-order valence-electron chi connectivity index (χ0n) is 19.3. The summed E-state index contributed by atoms with van der Waals surface area (Å²) >= 11 is 0. The number of fused-ring (bicyclic) bond motifs is 1. The zero-order valence-corrected chi connectivity index (χ0v) is 19.3. The van der Waals surface area contributed by atoms with Gasteiger partial charge in [-0.25, -0.2) is 0 Å². The van der Waals surface area contributed by atoms with Crippen LogP contribution in [0.25, 0.3) is 0 Å². The molecule has 1 heterocycles. The molecule has 0 spiro atoms. The van der Waals surface area contributed by atoms with Crippen molar-refractivity contribution in [2.45, 2.75) is 56.7 Å². The Morgan fingerprint density at radius 3 is 2.12 bits per heavy atom. The van der Waals surface area contributed by atoms with Crippen molar-refractivity contribution < 1.29 is 14.7 Å². The van der Waals surface area contributed by atoms with Crippen LogP contribution in [0.3, 0.4) is 0 Å². The van der Waals surface area contributed by atoms with Gasteiger partial charge in [0.05, 0.1) is 6.04 Å². The number of carbonyl (C=O) groups excluding carboxylic acids is 2. The molecule has 33 heavy (non-hydrogen) atoms. The van der Waals surface area contributed by atoms with Crippen molar-refractivity contribution in [2.24, 2.45) is 17.8 Å². The average Bonchev–Trinajstić information content (AvgIpc) is 3.30. The summed E-state index contributed by atoms with van der Waals surface area (Å²) in [6.45, 7) is 3.59. The van der Waals surface area contributed by atoms with Gasteiger partial charge in [0.15, 0.2) is 11.4 Å². The van der Waals surface area contributed by atoms with Gasteiger partial charge in [-0.1, -0.05) is 79.9 Å². The first-order valence-corrected chi connectivity index (χ1v) is 12.4. The van der Waals surface area contributed by atoms with Crippen LogP contribution in [0, 0.1) is 17.8 Å². The Balaban J connectivity index is 1.23. The molecule has 2 aromatic rings. The Hall–Kier alpha value is -2.50. The van der Waals surface area contributed by atoms with Gasteiger partial charge in [0.1, 0.15) is 0 Å². The van der Waals surface area contributed by atoms with Crippen LogP contribution in [0.4, 0.5) is 0 Å². The summed E-state index contributed by atoms with van der Waals surface area (Å²) in [6, 6.07) is 18.8. The van der Waals surface area contributed by atoms with E-state index in [0.29, 0.717) is 17.4 Å². The number of nitrogens with one attached hydrogen (secondary N) is 1. The first-order chi connectivity index (χ1) is 16.0. The monoisotopic (exact) mass is 446 g/mol. The number of benzene rings is 2. The summed E-state index contributed by atoms with van der Waals surface area (Å²) in [6.07, 6.45) is 5.05. The molecular weight excluding hydrogens is 412 g/mol. The molecule has 5 rings (SSSR count). The molecule has 3 unspecified atom stereocenters. The SMILES string of the molecule is CC(C(=O)c1ccccc1)N1C[C@@H]2C(NC(=O)C(O)(c3ccccc3)C3CCCCC3)[C@@H]2C1. The normalized spacial score (nSPS) is 27.9. The van der Waals surface area contributed by atoms with E-state index in [9.17, 15) is 14.7 Å². The van der Waals surface area contributed by atoms with Crippen LogP contribution in [0.5, 0.6) is 0 Å². The third kappa shape index (κ3) is 4.13. The molecule has 2 saturated carbocycles. The van der Waals surface area contributed by atoms with Gasteiger partial charge >= 0.3 is 0 Å². The smallest absolute Gasteiger partial charge is 0.257 e. The van der Waals surface area contributed by atoms with Crippen LogP contribution in [-0.4, -0.2) is 46.9 Å². The number of Topliss-reactive ketones (excluding diaryl/α,β-unsaturated/α-hetero) is 1. The van der Waals surface area contributed by atoms with Crippen LogP contribution < -0.4 is 5.32 Å². The standard InChI is InChI=1S/C28H34N2O3/c1-19(26(31)20-11-5-2-6-12-20)30-17-23-24(18-30)25(23)29-27(32)28(33,21-13-7-3-8-14-21)22-15-9-4-10-16-22/h2-3,5-8,11-14,19,22-25,33H,4,9-10,15-18H2,1H3,(H,29,32)/t19?,23-,24+,25?,28?. The minimum absolute atomic E-state index is 0.0488. The van der Waals surface area contributed by atoms with Crippen LogP contribution in [0.15, 0.2) is 60.7 Å². The van der Waals surface area contributed by atoms with E-state index in [1.807, 2.05) is 67.6 Å². The second-order valence-electron chi connectivity index (χ2n) is 10.2. The van der Waals surface area contributed by atoms with E-state index in [4.69, 9.17) is 0 Å². The molecule has 2 aromatic carbocycles. The van der Waals surface area contributed by atoms with Crippen molar-refractivity contribution in [3.05, 3.63) is 71.8 Å². The quantitative estimate of drug-likeness (QED) is 0.635. The molecule has 0 radical (unpaired) electrons. The average molecular weight is 447 g/mol. The van der Waals surface area contributed by atoms with Crippen molar-refractivity contribution in [2.75, 3.05) is 13.1 Å². The number of nitrogens with zero attached hydrogens (tertiary/aromatic N) is 1. The molecule has 0 bridgehead atoms. The van der Waals surface area contributed by atoms with Crippen molar-refractivity contribution >= 4 is 11.7 Å². The van der Waals surface area contributed by atoms with Crippen LogP contribution in [0.1, 0.15) is 54.9 Å². The number of hydrogen-bond donors (Lipinski definition) is 2. The van der Waals surface area contributed by atoms with E-state index in [1.165, 1.54) is 6.42 Å². The van der Waals surface area contributed by atoms with Gasteiger partial charge in [0.2, 0.25) is 0 Å². The van der Waals surface area contributed by atoms with Crippen molar-refractivity contribution in [3.8, 4) is 0 Å². The Kier molecular flexibility index (Phi) is 6.11. The van der Waals surface area contributed by atoms with Gasteiger partial charge in [-0.3, -0.25) is 14.5 Å². The van der Waals surface area contributed by atoms with Crippen molar-refractivity contribution in [1.29, 1.82) is 0 Å². The third-order valence-electron chi connectivity index (χ3n) is 8.26. The number of hydrogen-bond acceptors (Lipinski definition) is 4.